The van der Waals surface area contributed by atoms with E-state index in [1.807, 2.05) is 0 Å². The minimum atomic E-state index is -2.13. The summed E-state index contributed by atoms with van der Waals surface area (Å²) in [6.45, 7) is -2.13. The van der Waals surface area contributed by atoms with Crippen LogP contribution in [0.4, 0.5) is 0 Å². The number of nitrogens with zero attached hydrogens (tertiary/aromatic N) is 2. The number of hydrogen-bond donors (Lipinski definition) is 0. The van der Waals surface area contributed by atoms with Crippen LogP contribution in [0.2, 0.25) is 0 Å². The predicted octanol–water partition coefficient (Wildman–Crippen LogP) is 1.18. The fraction of sp³-hybridized carbons (Fsp3) is 0.250. The van der Waals surface area contributed by atoms with E-state index in [2.05, 4.69) is 20.9 Å². The van der Waals surface area contributed by atoms with Gasteiger partial charge in [-0.3, -0.25) is 0 Å². The highest BCUT2D eigenvalue weighted by atomic mass is 79.9. The van der Waals surface area contributed by atoms with Crippen molar-refractivity contribution < 1.29 is 4.11 Å². The van der Waals surface area contributed by atoms with Gasteiger partial charge in [0, 0.05) is 11.1 Å². The first-order valence-electron chi connectivity index (χ1n) is 3.20. The van der Waals surface area contributed by atoms with Crippen LogP contribution in [0.25, 0.3) is 0 Å². The Morgan fingerprint density at radius 1 is 2.14 bits per heavy atom. The molecule has 2 nitrogen and oxygen atoms in total. The third kappa shape index (κ3) is 0.825. The van der Waals surface area contributed by atoms with Crippen molar-refractivity contribution in [2.45, 2.75) is 0 Å². The zero-order valence-electron chi connectivity index (χ0n) is 6.43. The lowest BCUT2D eigenvalue weighted by atomic mass is 10.9. The fourth-order valence-electron chi connectivity index (χ4n) is 0.279. The number of rotatable bonds is 0. The quantitative estimate of drug-likeness (QED) is 0.562. The molecule has 38 valence electrons. The summed E-state index contributed by atoms with van der Waals surface area (Å²) in [5.41, 5.74) is 0. The number of imidazole rings is 1. The van der Waals surface area contributed by atoms with E-state index < -0.39 is 6.98 Å². The molecule has 0 aromatic carbocycles. The molecule has 0 saturated heterocycles. The molecule has 1 aromatic heterocycles. The molecular weight excluding hydrogens is 156 g/mol. The molecule has 0 N–H and O–H groups in total. The van der Waals surface area contributed by atoms with Crippen molar-refractivity contribution in [2.75, 3.05) is 0 Å². The van der Waals surface area contributed by atoms with Crippen LogP contribution in [0.15, 0.2) is 17.1 Å². The first-order valence-corrected chi connectivity index (χ1v) is 2.49. The highest BCUT2D eigenvalue weighted by Crippen LogP contribution is 2.03. The normalized spacial score (nSPS) is 17.6. The molecule has 0 aliphatic carbocycles. The van der Waals surface area contributed by atoms with Gasteiger partial charge in [0.2, 0.25) is 0 Å². The van der Waals surface area contributed by atoms with E-state index in [0.717, 1.165) is 4.57 Å². The number of aromatic nitrogens is 2. The summed E-state index contributed by atoms with van der Waals surface area (Å²) in [6, 6.07) is 0. The Labute approximate surface area is 54.5 Å². The predicted molar refractivity (Wildman–Crippen MR) is 30.9 cm³/mol. The van der Waals surface area contributed by atoms with E-state index in [1.165, 1.54) is 12.5 Å². The van der Waals surface area contributed by atoms with Gasteiger partial charge in [-0.15, -0.1) is 0 Å². The van der Waals surface area contributed by atoms with E-state index >= 15 is 0 Å². The van der Waals surface area contributed by atoms with Gasteiger partial charge in [0.1, 0.15) is 4.60 Å². The SMILES string of the molecule is [2H]C([2H])([2H])n1cncc1Br. The number of aryl methyl sites for hydroxylation is 1. The average molecular weight is 164 g/mol. The fourth-order valence-corrected chi connectivity index (χ4v) is 0.489. The van der Waals surface area contributed by atoms with Crippen LogP contribution in [-0.4, -0.2) is 9.55 Å². The summed E-state index contributed by atoms with van der Waals surface area (Å²) in [5.74, 6) is 0. The van der Waals surface area contributed by atoms with Crippen molar-refractivity contribution in [1.29, 1.82) is 0 Å². The standard InChI is InChI=1S/C4H5BrN2/c1-7-3-6-2-4(7)5/h2-3H,1H3/i1D3. The Morgan fingerprint density at radius 3 is 3.29 bits per heavy atom. The van der Waals surface area contributed by atoms with E-state index in [-0.39, 0.29) is 0 Å². The highest BCUT2D eigenvalue weighted by molar-refractivity contribution is 9.10. The maximum absolute atomic E-state index is 6.96. The van der Waals surface area contributed by atoms with Gasteiger partial charge in [0.25, 0.3) is 0 Å². The Bertz CT molecular complexity index is 229. The molecule has 0 saturated carbocycles. The lowest BCUT2D eigenvalue weighted by Crippen LogP contribution is -1.80. The molecule has 0 unspecified atom stereocenters. The van der Waals surface area contributed by atoms with Gasteiger partial charge in [-0.1, -0.05) is 0 Å². The van der Waals surface area contributed by atoms with Gasteiger partial charge in [-0.05, 0) is 15.9 Å². The second kappa shape index (κ2) is 1.66. The van der Waals surface area contributed by atoms with Crippen molar-refractivity contribution in [1.82, 2.24) is 9.55 Å². The zero-order chi connectivity index (χ0) is 7.78. The molecule has 0 atom stereocenters. The third-order valence-corrected chi connectivity index (χ3v) is 1.18. The molecular formula is C4H5BrN2. The second-order valence-corrected chi connectivity index (χ2v) is 1.90. The van der Waals surface area contributed by atoms with Crippen LogP contribution in [0, 0.1) is 0 Å². The molecule has 0 amide bonds. The van der Waals surface area contributed by atoms with Crippen molar-refractivity contribution in [3.8, 4) is 0 Å². The van der Waals surface area contributed by atoms with E-state index in [1.54, 1.807) is 0 Å². The lowest BCUT2D eigenvalue weighted by molar-refractivity contribution is 0.891. The number of halogens is 1. The molecule has 1 aromatic rings. The van der Waals surface area contributed by atoms with Gasteiger partial charge >= 0.3 is 0 Å². The zero-order valence-corrected chi connectivity index (χ0v) is 5.01. The molecule has 0 aliphatic heterocycles. The topological polar surface area (TPSA) is 17.8 Å². The molecule has 3 heteroatoms. The lowest BCUT2D eigenvalue weighted by Gasteiger charge is -1.85. The van der Waals surface area contributed by atoms with Gasteiger partial charge in [0.05, 0.1) is 12.5 Å². The van der Waals surface area contributed by atoms with Gasteiger partial charge in [-0.2, -0.15) is 0 Å². The van der Waals surface area contributed by atoms with Crippen molar-refractivity contribution in [3.05, 3.63) is 17.1 Å². The maximum Gasteiger partial charge on any atom is 0.104 e. The molecule has 0 bridgehead atoms. The molecule has 0 fully saturated rings. The third-order valence-electron chi connectivity index (χ3n) is 0.593. The maximum atomic E-state index is 6.96. The molecule has 7 heavy (non-hydrogen) atoms. The highest BCUT2D eigenvalue weighted by Gasteiger charge is 1.85. The molecule has 1 rings (SSSR count). The average Bonchev–Trinajstić information content (AvgIpc) is 2.11. The largest absolute Gasteiger partial charge is 0.329 e. The van der Waals surface area contributed by atoms with Crippen molar-refractivity contribution >= 4 is 15.9 Å². The minimum Gasteiger partial charge on any atom is -0.329 e. The van der Waals surface area contributed by atoms with Gasteiger partial charge < -0.3 is 4.57 Å². The summed E-state index contributed by atoms with van der Waals surface area (Å²) < 4.78 is 22.4. The van der Waals surface area contributed by atoms with Crippen LogP contribution in [0.5, 0.6) is 0 Å². The van der Waals surface area contributed by atoms with E-state index in [4.69, 9.17) is 4.11 Å². The summed E-state index contributed by atoms with van der Waals surface area (Å²) in [5, 5.41) is 0. The van der Waals surface area contributed by atoms with E-state index in [0.29, 0.717) is 4.60 Å². The summed E-state index contributed by atoms with van der Waals surface area (Å²) >= 11 is 3.04. The summed E-state index contributed by atoms with van der Waals surface area (Å²) in [6.07, 6.45) is 2.70. The Kier molecular flexibility index (Phi) is 0.546. The second-order valence-electron chi connectivity index (χ2n) is 1.09. The number of hydrogen-bond acceptors (Lipinski definition) is 1. The van der Waals surface area contributed by atoms with Crippen LogP contribution in [0.1, 0.15) is 4.11 Å². The first-order chi connectivity index (χ1) is 4.52. The van der Waals surface area contributed by atoms with Gasteiger partial charge in [0.15, 0.2) is 0 Å². The van der Waals surface area contributed by atoms with Crippen molar-refractivity contribution in [2.24, 2.45) is 6.98 Å². The Balaban J connectivity index is 3.05. The molecule has 1 heterocycles. The van der Waals surface area contributed by atoms with E-state index in [9.17, 15) is 0 Å². The monoisotopic (exact) mass is 163 g/mol. The minimum absolute atomic E-state index is 0.465. The summed E-state index contributed by atoms with van der Waals surface area (Å²) in [4.78, 5) is 3.64. The molecule has 0 spiro atoms. The van der Waals surface area contributed by atoms with Gasteiger partial charge in [-0.25, -0.2) is 4.98 Å². The molecule has 0 aliphatic rings. The van der Waals surface area contributed by atoms with Crippen LogP contribution in [-0.2, 0) is 6.98 Å². The van der Waals surface area contributed by atoms with Crippen molar-refractivity contribution in [3.63, 3.8) is 0 Å². The smallest absolute Gasteiger partial charge is 0.104 e. The van der Waals surface area contributed by atoms with Crippen LogP contribution >= 0.6 is 15.9 Å². The summed E-state index contributed by atoms with van der Waals surface area (Å²) in [7, 11) is 0. The van der Waals surface area contributed by atoms with Crippen LogP contribution < -0.4 is 0 Å². The Morgan fingerprint density at radius 2 is 3.00 bits per heavy atom. The first kappa shape index (κ1) is 2.31. The molecule has 0 radical (unpaired) electrons. The Hall–Kier alpha value is -0.310. The van der Waals surface area contributed by atoms with Crippen LogP contribution in [0.3, 0.4) is 0 Å².